The summed E-state index contributed by atoms with van der Waals surface area (Å²) in [5.74, 6) is -0.385. The van der Waals surface area contributed by atoms with E-state index in [1.165, 1.54) is 53.5 Å². The summed E-state index contributed by atoms with van der Waals surface area (Å²) in [4.78, 5) is 0. The molecule has 0 bridgehead atoms. The number of hydrogen-bond acceptors (Lipinski definition) is 0. The lowest BCUT2D eigenvalue weighted by molar-refractivity contribution is 0.629. The molecule has 0 aromatic heterocycles. The van der Waals surface area contributed by atoms with Crippen molar-refractivity contribution < 1.29 is 4.39 Å². The van der Waals surface area contributed by atoms with Gasteiger partial charge in [0, 0.05) is 0 Å². The minimum atomic E-state index is -0.385. The first-order valence-corrected chi connectivity index (χ1v) is 10.4. The predicted molar refractivity (Wildman–Crippen MR) is 120 cm³/mol. The van der Waals surface area contributed by atoms with Crippen LogP contribution in [-0.4, -0.2) is 0 Å². The number of benzene rings is 4. The SMILES string of the molecule is CCCCCCc1ccc2c(ccc3cc(-c4ccc(Cl)c(F)c4)ccc32)c1. The molecular weight excluding hydrogens is 367 g/mol. The maximum Gasteiger partial charge on any atom is 0.142 e. The van der Waals surface area contributed by atoms with Crippen LogP contribution in [0.4, 0.5) is 4.39 Å². The van der Waals surface area contributed by atoms with E-state index in [2.05, 4.69) is 55.5 Å². The van der Waals surface area contributed by atoms with Crippen molar-refractivity contribution in [1.82, 2.24) is 0 Å². The van der Waals surface area contributed by atoms with E-state index in [1.807, 2.05) is 6.07 Å². The Morgan fingerprint density at radius 1 is 0.714 bits per heavy atom. The third-order valence-electron chi connectivity index (χ3n) is 5.47. The lowest BCUT2D eigenvalue weighted by atomic mass is 9.95. The molecule has 0 spiro atoms. The highest BCUT2D eigenvalue weighted by molar-refractivity contribution is 6.30. The fourth-order valence-electron chi connectivity index (χ4n) is 3.89. The van der Waals surface area contributed by atoms with Gasteiger partial charge in [-0.25, -0.2) is 4.39 Å². The summed E-state index contributed by atoms with van der Waals surface area (Å²) < 4.78 is 13.8. The Bertz CT molecular complexity index is 1130. The van der Waals surface area contributed by atoms with Crippen molar-refractivity contribution >= 4 is 33.1 Å². The summed E-state index contributed by atoms with van der Waals surface area (Å²) in [6.45, 7) is 2.25. The van der Waals surface area contributed by atoms with Crippen LogP contribution in [0.15, 0.2) is 66.7 Å². The van der Waals surface area contributed by atoms with Crippen LogP contribution in [0.25, 0.3) is 32.7 Å². The van der Waals surface area contributed by atoms with Crippen molar-refractivity contribution in [1.29, 1.82) is 0 Å². The van der Waals surface area contributed by atoms with Gasteiger partial charge >= 0.3 is 0 Å². The van der Waals surface area contributed by atoms with Crippen LogP contribution in [-0.2, 0) is 6.42 Å². The molecule has 0 aliphatic rings. The number of fused-ring (bicyclic) bond motifs is 3. The van der Waals surface area contributed by atoms with E-state index in [-0.39, 0.29) is 10.8 Å². The van der Waals surface area contributed by atoms with Crippen LogP contribution in [0.2, 0.25) is 5.02 Å². The highest BCUT2D eigenvalue weighted by Crippen LogP contribution is 2.31. The van der Waals surface area contributed by atoms with E-state index in [0.717, 1.165) is 22.9 Å². The molecule has 4 aromatic carbocycles. The fraction of sp³-hybridized carbons (Fsp3) is 0.231. The van der Waals surface area contributed by atoms with Crippen molar-refractivity contribution in [2.24, 2.45) is 0 Å². The molecule has 28 heavy (non-hydrogen) atoms. The molecule has 0 nitrogen and oxygen atoms in total. The second kappa shape index (κ2) is 8.32. The molecule has 0 unspecified atom stereocenters. The number of halogens is 2. The zero-order valence-corrected chi connectivity index (χ0v) is 16.9. The van der Waals surface area contributed by atoms with Crippen molar-refractivity contribution in [2.75, 3.05) is 0 Å². The second-order valence-corrected chi connectivity index (χ2v) is 7.90. The largest absolute Gasteiger partial charge is 0.205 e. The minimum absolute atomic E-state index is 0.154. The zero-order chi connectivity index (χ0) is 19.5. The lowest BCUT2D eigenvalue weighted by Gasteiger charge is -2.09. The molecule has 0 fully saturated rings. The normalized spacial score (nSPS) is 11.4. The molecule has 4 aromatic rings. The Labute approximate surface area is 171 Å². The lowest BCUT2D eigenvalue weighted by Crippen LogP contribution is -1.87. The number of aryl methyl sites for hydroxylation is 1. The molecule has 0 atom stereocenters. The summed E-state index contributed by atoms with van der Waals surface area (Å²) in [7, 11) is 0. The molecular formula is C26H24ClF. The second-order valence-electron chi connectivity index (χ2n) is 7.50. The van der Waals surface area contributed by atoms with Gasteiger partial charge in [-0.2, -0.15) is 0 Å². The molecule has 0 heterocycles. The monoisotopic (exact) mass is 390 g/mol. The molecule has 4 rings (SSSR count). The van der Waals surface area contributed by atoms with Gasteiger partial charge in [-0.1, -0.05) is 86.3 Å². The van der Waals surface area contributed by atoms with Crippen molar-refractivity contribution in [3.63, 3.8) is 0 Å². The molecule has 0 saturated heterocycles. The van der Waals surface area contributed by atoms with E-state index in [4.69, 9.17) is 11.6 Å². The van der Waals surface area contributed by atoms with Gasteiger partial charge in [0.1, 0.15) is 5.82 Å². The van der Waals surface area contributed by atoms with Gasteiger partial charge in [0.25, 0.3) is 0 Å². The van der Waals surface area contributed by atoms with E-state index in [1.54, 1.807) is 6.07 Å². The Hall–Kier alpha value is -2.38. The van der Waals surface area contributed by atoms with Gasteiger partial charge in [-0.3, -0.25) is 0 Å². The van der Waals surface area contributed by atoms with Gasteiger partial charge in [0.15, 0.2) is 0 Å². The van der Waals surface area contributed by atoms with E-state index in [0.29, 0.717) is 0 Å². The summed E-state index contributed by atoms with van der Waals surface area (Å²) in [5, 5.41) is 5.10. The van der Waals surface area contributed by atoms with Gasteiger partial charge in [0.2, 0.25) is 0 Å². The van der Waals surface area contributed by atoms with Crippen LogP contribution in [0, 0.1) is 5.82 Å². The predicted octanol–water partition coefficient (Wildman–Crippen LogP) is 8.58. The topological polar surface area (TPSA) is 0 Å². The van der Waals surface area contributed by atoms with Gasteiger partial charge in [-0.05, 0) is 69.3 Å². The first-order valence-electron chi connectivity index (χ1n) is 10.1. The standard InChI is InChI=1S/C26H24ClF/c1-2-3-4-5-6-18-7-12-23-21(15-18)8-9-22-16-19(10-13-24(22)23)20-11-14-25(27)26(28)17-20/h7-17H,2-6H2,1H3. The summed E-state index contributed by atoms with van der Waals surface area (Å²) in [5.41, 5.74) is 3.25. The highest BCUT2D eigenvalue weighted by Gasteiger charge is 2.07. The third-order valence-corrected chi connectivity index (χ3v) is 5.78. The minimum Gasteiger partial charge on any atom is -0.205 e. The third kappa shape index (κ3) is 3.91. The van der Waals surface area contributed by atoms with Crippen LogP contribution in [0.3, 0.4) is 0 Å². The molecule has 0 aliphatic carbocycles. The zero-order valence-electron chi connectivity index (χ0n) is 16.1. The van der Waals surface area contributed by atoms with Crippen molar-refractivity contribution in [3.8, 4) is 11.1 Å². The first-order chi connectivity index (χ1) is 13.7. The Kier molecular flexibility index (Phi) is 5.64. The molecule has 0 N–H and O–H groups in total. The molecule has 2 heteroatoms. The Morgan fingerprint density at radius 3 is 2.14 bits per heavy atom. The van der Waals surface area contributed by atoms with Crippen LogP contribution in [0.1, 0.15) is 38.2 Å². The van der Waals surface area contributed by atoms with E-state index in [9.17, 15) is 4.39 Å². The summed E-state index contributed by atoms with van der Waals surface area (Å²) in [6, 6.07) is 22.5. The van der Waals surface area contributed by atoms with E-state index >= 15 is 0 Å². The molecule has 142 valence electrons. The number of unbranched alkanes of at least 4 members (excludes halogenated alkanes) is 3. The Balaban J connectivity index is 1.67. The average molecular weight is 391 g/mol. The van der Waals surface area contributed by atoms with E-state index < -0.39 is 0 Å². The maximum atomic E-state index is 13.8. The smallest absolute Gasteiger partial charge is 0.142 e. The van der Waals surface area contributed by atoms with Crippen molar-refractivity contribution in [3.05, 3.63) is 83.1 Å². The average Bonchev–Trinajstić information content (AvgIpc) is 2.72. The quantitative estimate of drug-likeness (QED) is 0.228. The molecule has 0 aliphatic heterocycles. The highest BCUT2D eigenvalue weighted by atomic mass is 35.5. The molecule has 0 radical (unpaired) electrons. The molecule has 0 amide bonds. The maximum absolute atomic E-state index is 13.8. The number of rotatable bonds is 6. The summed E-state index contributed by atoms with van der Waals surface area (Å²) in [6.07, 6.45) is 6.30. The first kappa shape index (κ1) is 19.0. The van der Waals surface area contributed by atoms with Gasteiger partial charge < -0.3 is 0 Å². The van der Waals surface area contributed by atoms with Crippen LogP contribution in [0.5, 0.6) is 0 Å². The van der Waals surface area contributed by atoms with Crippen molar-refractivity contribution in [2.45, 2.75) is 39.0 Å². The Morgan fingerprint density at radius 2 is 1.39 bits per heavy atom. The van der Waals surface area contributed by atoms with Gasteiger partial charge in [-0.15, -0.1) is 0 Å². The van der Waals surface area contributed by atoms with Gasteiger partial charge in [0.05, 0.1) is 5.02 Å². The summed E-state index contributed by atoms with van der Waals surface area (Å²) >= 11 is 5.81. The van der Waals surface area contributed by atoms with Crippen LogP contribution < -0.4 is 0 Å². The fourth-order valence-corrected chi connectivity index (χ4v) is 4.01. The molecule has 0 saturated carbocycles. The number of hydrogen-bond donors (Lipinski definition) is 0. The van der Waals surface area contributed by atoms with Crippen LogP contribution >= 0.6 is 11.6 Å².